The number of aromatic nitrogens is 3. The van der Waals surface area contributed by atoms with E-state index in [1.165, 1.54) is 0 Å². The molecule has 0 aliphatic heterocycles. The quantitative estimate of drug-likeness (QED) is 0.872. The smallest absolute Gasteiger partial charge is 0.245 e. The molecule has 0 bridgehead atoms. The van der Waals surface area contributed by atoms with Crippen molar-refractivity contribution in [2.75, 3.05) is 0 Å². The Kier molecular flexibility index (Phi) is 3.96. The fourth-order valence-corrected chi connectivity index (χ4v) is 3.78. The number of hydrogen-bond donors (Lipinski definition) is 1. The van der Waals surface area contributed by atoms with Crippen molar-refractivity contribution < 1.29 is 12.9 Å². The average Bonchev–Trinajstić information content (AvgIpc) is 3.25. The zero-order chi connectivity index (χ0) is 15.7. The van der Waals surface area contributed by atoms with E-state index >= 15 is 0 Å². The third-order valence-electron chi connectivity index (χ3n) is 3.57. The average molecular weight is 322 g/mol. The van der Waals surface area contributed by atoms with E-state index in [0.29, 0.717) is 18.7 Å². The van der Waals surface area contributed by atoms with Gasteiger partial charge in [0.25, 0.3) is 0 Å². The predicted molar refractivity (Wildman–Crippen MR) is 80.2 cm³/mol. The molecule has 2 aromatic rings. The summed E-state index contributed by atoms with van der Waals surface area (Å²) < 4.78 is 32.3. The summed E-state index contributed by atoms with van der Waals surface area (Å²) in [6, 6.07) is 3.02. The Bertz CT molecular complexity index is 738. The van der Waals surface area contributed by atoms with Gasteiger partial charge in [0.15, 0.2) is 0 Å². The van der Waals surface area contributed by atoms with Gasteiger partial charge in [-0.25, -0.2) is 13.1 Å². The molecule has 1 fully saturated rings. The van der Waals surface area contributed by atoms with Crippen LogP contribution in [-0.4, -0.2) is 28.8 Å². The summed E-state index contributed by atoms with van der Waals surface area (Å²) in [5, 5.41) is 3.65. The number of nitrogens with one attached hydrogen (secondary N) is 1. The standard InChI is InChI=1S/C14H18N4O3S/c1-9(2)12(18-22(19,20)11-3-4-11)14-16-13(17-21-14)10-5-7-15-8-6-10/h5-9,11-12,18H,3-4H2,1-2H3/t12-/m1/s1. The first kappa shape index (κ1) is 15.1. The van der Waals surface area contributed by atoms with Crippen LogP contribution in [0.1, 0.15) is 38.6 Å². The molecule has 0 spiro atoms. The number of rotatable bonds is 6. The Morgan fingerprint density at radius 1 is 1.27 bits per heavy atom. The Hall–Kier alpha value is -1.80. The van der Waals surface area contributed by atoms with E-state index in [2.05, 4.69) is 19.8 Å². The first-order chi connectivity index (χ1) is 10.5. The Labute approximate surface area is 129 Å². The van der Waals surface area contributed by atoms with Crippen LogP contribution in [0.5, 0.6) is 0 Å². The van der Waals surface area contributed by atoms with Crippen LogP contribution in [0.15, 0.2) is 29.0 Å². The van der Waals surface area contributed by atoms with Gasteiger partial charge in [0.1, 0.15) is 6.04 Å². The van der Waals surface area contributed by atoms with Gasteiger partial charge in [-0.05, 0) is 30.9 Å². The van der Waals surface area contributed by atoms with Crippen molar-refractivity contribution >= 4 is 10.0 Å². The second-order valence-electron chi connectivity index (χ2n) is 5.78. The summed E-state index contributed by atoms with van der Waals surface area (Å²) in [6.07, 6.45) is 4.71. The van der Waals surface area contributed by atoms with E-state index in [0.717, 1.165) is 5.56 Å². The molecule has 0 saturated heterocycles. The molecule has 1 aliphatic rings. The maximum absolute atomic E-state index is 12.1. The molecule has 2 aromatic heterocycles. The van der Waals surface area contributed by atoms with Crippen LogP contribution in [0.25, 0.3) is 11.4 Å². The summed E-state index contributed by atoms with van der Waals surface area (Å²) in [5.74, 6) is 0.707. The number of nitrogens with zero attached hydrogens (tertiary/aromatic N) is 3. The molecular weight excluding hydrogens is 304 g/mol. The van der Waals surface area contributed by atoms with Crippen LogP contribution in [-0.2, 0) is 10.0 Å². The number of pyridine rings is 1. The highest BCUT2D eigenvalue weighted by Crippen LogP contribution is 2.31. The molecule has 0 amide bonds. The van der Waals surface area contributed by atoms with Gasteiger partial charge in [0, 0.05) is 18.0 Å². The van der Waals surface area contributed by atoms with Gasteiger partial charge < -0.3 is 4.52 Å². The third-order valence-corrected chi connectivity index (χ3v) is 5.50. The molecule has 2 heterocycles. The molecule has 3 rings (SSSR count). The van der Waals surface area contributed by atoms with Crippen molar-refractivity contribution in [1.29, 1.82) is 0 Å². The normalized spacial score (nSPS) is 16.9. The molecule has 1 saturated carbocycles. The van der Waals surface area contributed by atoms with Gasteiger partial charge in [0.2, 0.25) is 21.7 Å². The van der Waals surface area contributed by atoms with E-state index in [-0.39, 0.29) is 17.1 Å². The molecule has 0 aromatic carbocycles. The zero-order valence-electron chi connectivity index (χ0n) is 12.4. The fraction of sp³-hybridized carbons (Fsp3) is 0.500. The number of sulfonamides is 1. The number of hydrogen-bond acceptors (Lipinski definition) is 6. The zero-order valence-corrected chi connectivity index (χ0v) is 13.2. The lowest BCUT2D eigenvalue weighted by Gasteiger charge is -2.18. The Balaban J connectivity index is 1.85. The largest absolute Gasteiger partial charge is 0.337 e. The van der Waals surface area contributed by atoms with Crippen molar-refractivity contribution in [3.05, 3.63) is 30.4 Å². The summed E-state index contributed by atoms with van der Waals surface area (Å²) in [7, 11) is -3.32. The van der Waals surface area contributed by atoms with Crippen LogP contribution in [0, 0.1) is 5.92 Å². The topological polar surface area (TPSA) is 98.0 Å². The van der Waals surface area contributed by atoms with Crippen molar-refractivity contribution in [2.45, 2.75) is 38.0 Å². The van der Waals surface area contributed by atoms with Crippen molar-refractivity contribution in [2.24, 2.45) is 5.92 Å². The van der Waals surface area contributed by atoms with Crippen LogP contribution < -0.4 is 4.72 Å². The molecule has 22 heavy (non-hydrogen) atoms. The molecule has 1 N–H and O–H groups in total. The van der Waals surface area contributed by atoms with Crippen molar-refractivity contribution in [3.8, 4) is 11.4 Å². The maximum Gasteiger partial charge on any atom is 0.245 e. The van der Waals surface area contributed by atoms with Gasteiger partial charge in [0.05, 0.1) is 5.25 Å². The fourth-order valence-electron chi connectivity index (χ4n) is 2.10. The second-order valence-corrected chi connectivity index (χ2v) is 7.77. The van der Waals surface area contributed by atoms with E-state index in [1.807, 2.05) is 13.8 Å². The highest BCUT2D eigenvalue weighted by atomic mass is 32.2. The first-order valence-electron chi connectivity index (χ1n) is 7.22. The van der Waals surface area contributed by atoms with Gasteiger partial charge in [-0.2, -0.15) is 4.98 Å². The highest BCUT2D eigenvalue weighted by molar-refractivity contribution is 7.90. The monoisotopic (exact) mass is 322 g/mol. The van der Waals surface area contributed by atoms with Crippen LogP contribution in [0.4, 0.5) is 0 Å². The third kappa shape index (κ3) is 3.17. The minimum atomic E-state index is -3.32. The molecule has 1 aliphatic carbocycles. The van der Waals surface area contributed by atoms with Crippen LogP contribution in [0.2, 0.25) is 0 Å². The second kappa shape index (κ2) is 5.77. The molecular formula is C14H18N4O3S. The van der Waals surface area contributed by atoms with E-state index in [1.54, 1.807) is 24.5 Å². The lowest BCUT2D eigenvalue weighted by Crippen LogP contribution is -2.34. The maximum atomic E-state index is 12.1. The molecule has 1 atom stereocenters. The molecule has 0 unspecified atom stereocenters. The SMILES string of the molecule is CC(C)[C@@H](NS(=O)(=O)C1CC1)c1nc(-c2ccncc2)no1. The van der Waals surface area contributed by atoms with Crippen LogP contribution in [0.3, 0.4) is 0 Å². The van der Waals surface area contributed by atoms with Crippen LogP contribution >= 0.6 is 0 Å². The molecule has 0 radical (unpaired) electrons. The lowest BCUT2D eigenvalue weighted by atomic mass is 10.1. The van der Waals surface area contributed by atoms with Gasteiger partial charge in [-0.3, -0.25) is 4.98 Å². The van der Waals surface area contributed by atoms with Crippen molar-refractivity contribution in [3.63, 3.8) is 0 Å². The first-order valence-corrected chi connectivity index (χ1v) is 8.77. The Morgan fingerprint density at radius 2 is 1.95 bits per heavy atom. The summed E-state index contributed by atoms with van der Waals surface area (Å²) in [6.45, 7) is 3.83. The van der Waals surface area contributed by atoms with Crippen molar-refractivity contribution in [1.82, 2.24) is 19.8 Å². The molecule has 8 heteroatoms. The predicted octanol–water partition coefficient (Wildman–Crippen LogP) is 1.91. The van der Waals surface area contributed by atoms with E-state index < -0.39 is 16.1 Å². The summed E-state index contributed by atoms with van der Waals surface area (Å²) in [5.41, 5.74) is 0.776. The minimum Gasteiger partial charge on any atom is -0.337 e. The van der Waals surface area contributed by atoms with Gasteiger partial charge >= 0.3 is 0 Å². The Morgan fingerprint density at radius 3 is 2.55 bits per heavy atom. The minimum absolute atomic E-state index is 0.000681. The summed E-state index contributed by atoms with van der Waals surface area (Å²) >= 11 is 0. The summed E-state index contributed by atoms with van der Waals surface area (Å²) in [4.78, 5) is 8.27. The van der Waals surface area contributed by atoms with Gasteiger partial charge in [-0.15, -0.1) is 0 Å². The molecule has 118 valence electrons. The van der Waals surface area contributed by atoms with E-state index in [4.69, 9.17) is 4.52 Å². The lowest BCUT2D eigenvalue weighted by molar-refractivity contribution is 0.311. The van der Waals surface area contributed by atoms with Gasteiger partial charge in [-0.1, -0.05) is 19.0 Å². The molecule has 7 nitrogen and oxygen atoms in total. The van der Waals surface area contributed by atoms with E-state index in [9.17, 15) is 8.42 Å². The highest BCUT2D eigenvalue weighted by Gasteiger charge is 2.39.